The monoisotopic (exact) mass is 214 g/mol. The lowest BCUT2D eigenvalue weighted by molar-refractivity contribution is -0.120. The van der Waals surface area contributed by atoms with Crippen molar-refractivity contribution in [3.8, 4) is 0 Å². The van der Waals surface area contributed by atoms with Crippen LogP contribution in [-0.2, 0) is 4.79 Å². The third-order valence-corrected chi connectivity index (χ3v) is 2.15. The summed E-state index contributed by atoms with van der Waals surface area (Å²) in [5.41, 5.74) is 0.372. The second-order valence-corrected chi connectivity index (χ2v) is 5.16. The third-order valence-electron chi connectivity index (χ3n) is 2.15. The summed E-state index contributed by atoms with van der Waals surface area (Å²) in [6, 6.07) is 0. The van der Waals surface area contributed by atoms with Crippen molar-refractivity contribution in [1.29, 1.82) is 0 Å². The molecule has 0 saturated heterocycles. The minimum atomic E-state index is 0.153. The molecule has 0 aliphatic carbocycles. The van der Waals surface area contributed by atoms with Gasteiger partial charge in [0.05, 0.1) is 0 Å². The van der Waals surface area contributed by atoms with Gasteiger partial charge in [-0.1, -0.05) is 27.7 Å². The van der Waals surface area contributed by atoms with Gasteiger partial charge in [0.2, 0.25) is 5.91 Å². The van der Waals surface area contributed by atoms with E-state index in [4.69, 9.17) is 0 Å². The Morgan fingerprint density at radius 1 is 1.13 bits per heavy atom. The van der Waals surface area contributed by atoms with Gasteiger partial charge >= 0.3 is 0 Å². The summed E-state index contributed by atoms with van der Waals surface area (Å²) in [6.45, 7) is 11.3. The molecule has 0 aromatic carbocycles. The van der Waals surface area contributed by atoms with Crippen molar-refractivity contribution >= 4 is 5.91 Å². The Bertz CT molecular complexity index is 173. The first-order chi connectivity index (χ1) is 6.95. The van der Waals surface area contributed by atoms with Crippen LogP contribution in [-0.4, -0.2) is 25.5 Å². The quantitative estimate of drug-likeness (QED) is 0.636. The van der Waals surface area contributed by atoms with Crippen molar-refractivity contribution in [1.82, 2.24) is 10.6 Å². The predicted octanol–water partition coefficient (Wildman–Crippen LogP) is 1.93. The Balaban J connectivity index is 3.27. The van der Waals surface area contributed by atoms with Gasteiger partial charge in [-0.05, 0) is 24.8 Å². The van der Waals surface area contributed by atoms with Gasteiger partial charge < -0.3 is 10.6 Å². The molecular weight excluding hydrogens is 188 g/mol. The zero-order valence-electron chi connectivity index (χ0n) is 10.7. The molecule has 90 valence electrons. The molecule has 0 aliphatic rings. The smallest absolute Gasteiger partial charge is 0.221 e. The standard InChI is InChI=1S/C12H26N2O/c1-5-8-14-11(15)6-9-13-10-7-12(2,3)4/h13H,5-10H2,1-4H3,(H,14,15). The highest BCUT2D eigenvalue weighted by Crippen LogP contribution is 2.16. The fourth-order valence-corrected chi connectivity index (χ4v) is 1.14. The normalized spacial score (nSPS) is 11.5. The van der Waals surface area contributed by atoms with Gasteiger partial charge in [-0.15, -0.1) is 0 Å². The van der Waals surface area contributed by atoms with E-state index >= 15 is 0 Å². The van der Waals surface area contributed by atoms with Gasteiger partial charge in [-0.3, -0.25) is 4.79 Å². The summed E-state index contributed by atoms with van der Waals surface area (Å²) < 4.78 is 0. The first kappa shape index (κ1) is 14.4. The van der Waals surface area contributed by atoms with Crippen molar-refractivity contribution in [2.45, 2.75) is 47.0 Å². The molecule has 0 aromatic heterocycles. The van der Waals surface area contributed by atoms with Crippen LogP contribution < -0.4 is 10.6 Å². The Labute approximate surface area is 94.0 Å². The maximum absolute atomic E-state index is 11.2. The predicted molar refractivity (Wildman–Crippen MR) is 64.9 cm³/mol. The molecule has 0 aliphatic heterocycles. The first-order valence-electron chi connectivity index (χ1n) is 5.93. The van der Waals surface area contributed by atoms with Crippen molar-refractivity contribution in [3.05, 3.63) is 0 Å². The highest BCUT2D eigenvalue weighted by Gasteiger charge is 2.08. The van der Waals surface area contributed by atoms with Gasteiger partial charge in [-0.2, -0.15) is 0 Å². The maximum Gasteiger partial charge on any atom is 0.221 e. The fourth-order valence-electron chi connectivity index (χ4n) is 1.14. The van der Waals surface area contributed by atoms with Crippen LogP contribution in [0, 0.1) is 5.41 Å². The summed E-state index contributed by atoms with van der Waals surface area (Å²) in [7, 11) is 0. The number of nitrogens with one attached hydrogen (secondary N) is 2. The van der Waals surface area contributed by atoms with E-state index in [1.807, 2.05) is 0 Å². The highest BCUT2D eigenvalue weighted by atomic mass is 16.1. The van der Waals surface area contributed by atoms with E-state index in [-0.39, 0.29) is 5.91 Å². The number of amides is 1. The summed E-state index contributed by atoms with van der Waals surface area (Å²) in [5.74, 6) is 0.153. The second-order valence-electron chi connectivity index (χ2n) is 5.16. The summed E-state index contributed by atoms with van der Waals surface area (Å²) >= 11 is 0. The van der Waals surface area contributed by atoms with Crippen LogP contribution in [0.4, 0.5) is 0 Å². The number of carbonyl (C=O) groups excluding carboxylic acids is 1. The lowest BCUT2D eigenvalue weighted by Crippen LogP contribution is -2.29. The van der Waals surface area contributed by atoms with Crippen molar-refractivity contribution in [3.63, 3.8) is 0 Å². The molecule has 15 heavy (non-hydrogen) atoms. The molecule has 0 rings (SSSR count). The minimum absolute atomic E-state index is 0.153. The number of carbonyl (C=O) groups is 1. The topological polar surface area (TPSA) is 41.1 Å². The average molecular weight is 214 g/mol. The number of rotatable bonds is 7. The maximum atomic E-state index is 11.2. The molecule has 0 radical (unpaired) electrons. The molecule has 0 bridgehead atoms. The molecule has 0 heterocycles. The van der Waals surface area contributed by atoms with Gasteiger partial charge in [-0.25, -0.2) is 0 Å². The minimum Gasteiger partial charge on any atom is -0.356 e. The lowest BCUT2D eigenvalue weighted by atomic mass is 9.92. The zero-order chi connectivity index (χ0) is 11.7. The lowest BCUT2D eigenvalue weighted by Gasteiger charge is -2.17. The Hall–Kier alpha value is -0.570. The molecule has 0 saturated carbocycles. The Morgan fingerprint density at radius 3 is 2.33 bits per heavy atom. The zero-order valence-corrected chi connectivity index (χ0v) is 10.7. The molecule has 1 amide bonds. The van der Waals surface area contributed by atoms with E-state index in [0.717, 1.165) is 32.5 Å². The van der Waals surface area contributed by atoms with Crippen molar-refractivity contribution in [2.24, 2.45) is 5.41 Å². The first-order valence-corrected chi connectivity index (χ1v) is 5.93. The summed E-state index contributed by atoms with van der Waals surface area (Å²) in [5, 5.41) is 6.15. The summed E-state index contributed by atoms with van der Waals surface area (Å²) in [6.07, 6.45) is 2.73. The van der Waals surface area contributed by atoms with Gasteiger partial charge in [0, 0.05) is 19.5 Å². The van der Waals surface area contributed by atoms with Crippen molar-refractivity contribution in [2.75, 3.05) is 19.6 Å². The van der Waals surface area contributed by atoms with Crippen LogP contribution in [0.5, 0.6) is 0 Å². The highest BCUT2D eigenvalue weighted by molar-refractivity contribution is 5.75. The van der Waals surface area contributed by atoms with Crippen molar-refractivity contribution < 1.29 is 4.79 Å². The third kappa shape index (κ3) is 11.4. The molecule has 3 heteroatoms. The van der Waals surface area contributed by atoms with Crippen LogP contribution in [0.3, 0.4) is 0 Å². The molecule has 0 spiro atoms. The van der Waals surface area contributed by atoms with Gasteiger partial charge in [0.15, 0.2) is 0 Å². The molecule has 0 fully saturated rings. The van der Waals surface area contributed by atoms with Gasteiger partial charge in [0.25, 0.3) is 0 Å². The fraction of sp³-hybridized carbons (Fsp3) is 0.917. The van der Waals surface area contributed by atoms with Crippen LogP contribution >= 0.6 is 0 Å². The molecule has 3 nitrogen and oxygen atoms in total. The van der Waals surface area contributed by atoms with Crippen LogP contribution in [0.25, 0.3) is 0 Å². The summed E-state index contributed by atoms with van der Waals surface area (Å²) in [4.78, 5) is 11.2. The largest absolute Gasteiger partial charge is 0.356 e. The second kappa shape index (κ2) is 7.69. The molecule has 0 aromatic rings. The van der Waals surface area contributed by atoms with E-state index < -0.39 is 0 Å². The van der Waals surface area contributed by atoms with Gasteiger partial charge in [0.1, 0.15) is 0 Å². The molecule has 0 atom stereocenters. The van der Waals surface area contributed by atoms with Crippen LogP contribution in [0.1, 0.15) is 47.0 Å². The Kier molecular flexibility index (Phi) is 7.39. The van der Waals surface area contributed by atoms with E-state index in [9.17, 15) is 4.79 Å². The average Bonchev–Trinajstić information content (AvgIpc) is 2.12. The SMILES string of the molecule is CCCNC(=O)CCNCCC(C)(C)C. The molecule has 2 N–H and O–H groups in total. The number of hydrogen-bond donors (Lipinski definition) is 2. The van der Waals surface area contributed by atoms with Crippen LogP contribution in [0.2, 0.25) is 0 Å². The van der Waals surface area contributed by atoms with E-state index in [1.54, 1.807) is 0 Å². The number of hydrogen-bond acceptors (Lipinski definition) is 2. The molecule has 0 unspecified atom stereocenters. The molecular formula is C12H26N2O. The van der Waals surface area contributed by atoms with Crippen LogP contribution in [0.15, 0.2) is 0 Å². The van der Waals surface area contributed by atoms with E-state index in [2.05, 4.69) is 38.3 Å². The van der Waals surface area contributed by atoms with E-state index in [1.165, 1.54) is 0 Å². The Morgan fingerprint density at radius 2 is 1.80 bits per heavy atom. The van der Waals surface area contributed by atoms with E-state index in [0.29, 0.717) is 11.8 Å².